The summed E-state index contributed by atoms with van der Waals surface area (Å²) < 4.78 is 67.4. The number of nitrogens with zero attached hydrogens (tertiary/aromatic N) is 8. The summed E-state index contributed by atoms with van der Waals surface area (Å²) >= 11 is 0. The number of amides is 5. The number of aromatic nitrogens is 8. The molecule has 4 aliphatic rings. The summed E-state index contributed by atoms with van der Waals surface area (Å²) in [5, 5.41) is 30.9. The molecule has 8 heterocycles. The van der Waals surface area contributed by atoms with Crippen LogP contribution in [0.15, 0.2) is 60.2 Å². The Morgan fingerprint density at radius 2 is 1.40 bits per heavy atom. The molecule has 35 heteroatoms. The van der Waals surface area contributed by atoms with Gasteiger partial charge in [0, 0.05) is 43.1 Å². The Balaban J connectivity index is 0.757. The molecule has 0 bridgehead atoms. The number of fused-ring (bicyclic) bond motifs is 4. The number of Topliss-reactive ketones (excluding diaryl/α,β-unsaturated/α-hetero) is 1. The van der Waals surface area contributed by atoms with Crippen LogP contribution < -0.4 is 27.2 Å². The van der Waals surface area contributed by atoms with Crippen LogP contribution in [0.5, 0.6) is 0 Å². The number of aliphatic hydroxyl groups excluding tert-OH is 2. The summed E-state index contributed by atoms with van der Waals surface area (Å²) in [5.41, 5.74) is 5.42. The maximum absolute atomic E-state index is 13.5. The van der Waals surface area contributed by atoms with E-state index in [1.807, 2.05) is 0 Å². The Labute approximate surface area is 463 Å². The Bertz CT molecular complexity index is 3430. The van der Waals surface area contributed by atoms with Gasteiger partial charge in [0.05, 0.1) is 31.9 Å². The molecule has 5 unspecified atom stereocenters. The van der Waals surface area contributed by atoms with Gasteiger partial charge >= 0.3 is 21.7 Å². The minimum Gasteiger partial charge on any atom is -0.444 e. The fraction of sp³-hybridized carbons (Fsp3) is 0.489. The molecule has 0 radical (unpaired) electrons. The van der Waals surface area contributed by atoms with Gasteiger partial charge in [0.25, 0.3) is 17.4 Å². The summed E-state index contributed by atoms with van der Waals surface area (Å²) in [6.07, 6.45) is -7.28. The number of phosphoric ester groups is 2. The van der Waals surface area contributed by atoms with Gasteiger partial charge in [0.15, 0.2) is 46.4 Å². The van der Waals surface area contributed by atoms with Crippen molar-refractivity contribution in [2.24, 2.45) is 11.8 Å². The van der Waals surface area contributed by atoms with E-state index in [0.29, 0.717) is 30.5 Å². The van der Waals surface area contributed by atoms with Gasteiger partial charge < -0.3 is 50.6 Å². The maximum atomic E-state index is 13.5. The minimum absolute atomic E-state index is 0.0453. The number of ether oxygens (including phenoxy) is 3. The Morgan fingerprint density at radius 1 is 0.805 bits per heavy atom. The van der Waals surface area contributed by atoms with Gasteiger partial charge in [-0.05, 0) is 36.5 Å². The number of rotatable bonds is 18. The second-order valence-corrected chi connectivity index (χ2v) is 22.6. The van der Waals surface area contributed by atoms with Gasteiger partial charge in [-0.25, -0.2) is 33.9 Å². The molecule has 4 aliphatic heterocycles. The molecular weight excluding hydrogens is 1130 g/mol. The van der Waals surface area contributed by atoms with Crippen molar-refractivity contribution in [3.8, 4) is 0 Å². The molecule has 4 aromatic heterocycles. The quantitative estimate of drug-likeness (QED) is 0.0335. The number of aliphatic hydroxyl groups is 2. The first kappa shape index (κ1) is 59.4. The van der Waals surface area contributed by atoms with Crippen molar-refractivity contribution in [1.29, 1.82) is 0 Å². The highest BCUT2D eigenvalue weighted by atomic mass is 31.2. The van der Waals surface area contributed by atoms with Gasteiger partial charge in [-0.3, -0.25) is 71.2 Å². The van der Waals surface area contributed by atoms with E-state index in [1.54, 1.807) is 45.0 Å². The van der Waals surface area contributed by atoms with Gasteiger partial charge in [-0.1, -0.05) is 39.3 Å². The number of nitrogens with two attached hydrogens (primary N) is 1. The summed E-state index contributed by atoms with van der Waals surface area (Å²) in [5.74, 6) is -3.30. The summed E-state index contributed by atoms with van der Waals surface area (Å²) in [7, 11) is -10.4. The normalized spacial score (nSPS) is 27.4. The molecule has 5 aromatic rings. The topological polar surface area (TPSA) is 455 Å². The first-order chi connectivity index (χ1) is 39.0. The standard InChI is InChI=1S/C47H57N13O20P2/c1-22(2)32(54-29(62)7-5-4-6-14-58-30(63)12-13-31(58)64)26(61)15-23(3)42(67)53-25-10-8-24(9-11-25)16-74-47(69)55-39-33-40(50-19-49-39)59(20-51-33)44-35(65)37-27(77-44)17-75-82(72,73)80-38-28(18-76-81(70,71)79-37)78-45(36(38)66)60-21-52-34-41(60)56-46(48)57-43(34)68/h8-13,19-23,27-28,32,35-38,44-45,65-66H,4-7,14-18H2,1-3H3,(H,53,67)(H,54,62)(H,70,71)(H,72,73)(H3,48,56,57,68)(H,49,50,55,69)/t23?,27-,28-,32-,35+,36+,37?,38?,44-,45-/m1/s1. The average molecular weight is 1190 g/mol. The van der Waals surface area contributed by atoms with Crippen LogP contribution >= 0.6 is 15.6 Å². The van der Waals surface area contributed by atoms with E-state index in [-0.39, 0.29) is 89.5 Å². The van der Waals surface area contributed by atoms with Crippen molar-refractivity contribution in [3.63, 3.8) is 0 Å². The van der Waals surface area contributed by atoms with E-state index in [0.717, 1.165) is 33.0 Å². The molecule has 12 atom stereocenters. The van der Waals surface area contributed by atoms with Crippen LogP contribution in [0.1, 0.15) is 70.9 Å². The zero-order chi connectivity index (χ0) is 58.8. The van der Waals surface area contributed by atoms with Crippen molar-refractivity contribution in [3.05, 3.63) is 71.3 Å². The number of nitrogens with one attached hydrogen (secondary N) is 4. The van der Waals surface area contributed by atoms with E-state index < -0.39 is 107 Å². The van der Waals surface area contributed by atoms with Crippen LogP contribution in [-0.4, -0.2) is 162 Å². The number of phosphoric acid groups is 2. The third-order valence-electron chi connectivity index (χ3n) is 13.6. The highest BCUT2D eigenvalue weighted by Gasteiger charge is 2.54. The van der Waals surface area contributed by atoms with Gasteiger partial charge in [-0.2, -0.15) is 4.98 Å². The number of nitrogen functional groups attached to an aromatic ring is 1. The number of hydrogen-bond donors (Lipinski definition) is 9. The second-order valence-electron chi connectivity index (χ2n) is 19.8. The van der Waals surface area contributed by atoms with Crippen LogP contribution in [0.3, 0.4) is 0 Å². The Morgan fingerprint density at radius 3 is 2.01 bits per heavy atom. The number of aromatic amines is 1. The lowest BCUT2D eigenvalue weighted by molar-refractivity contribution is -0.137. The smallest absolute Gasteiger partial charge is 0.444 e. The first-order valence-electron chi connectivity index (χ1n) is 25.5. The molecule has 5 amide bonds. The van der Waals surface area contributed by atoms with E-state index >= 15 is 0 Å². The fourth-order valence-electron chi connectivity index (χ4n) is 9.39. The lowest BCUT2D eigenvalue weighted by Crippen LogP contribution is -2.45. The van der Waals surface area contributed by atoms with Crippen molar-refractivity contribution in [2.45, 2.75) is 115 Å². The van der Waals surface area contributed by atoms with Crippen LogP contribution in [0.2, 0.25) is 0 Å². The molecule has 9 rings (SSSR count). The number of imide groups is 1. The third kappa shape index (κ3) is 13.5. The van der Waals surface area contributed by atoms with E-state index in [1.165, 1.54) is 12.2 Å². The van der Waals surface area contributed by atoms with E-state index in [9.17, 15) is 62.7 Å². The number of carbonyl (C=O) groups excluding carboxylic acids is 6. The van der Waals surface area contributed by atoms with Crippen LogP contribution in [-0.2, 0) is 72.0 Å². The second kappa shape index (κ2) is 24.7. The molecule has 0 saturated carbocycles. The number of H-pyrrole nitrogens is 1. The monoisotopic (exact) mass is 1190 g/mol. The number of benzene rings is 1. The number of unbranched alkanes of at least 4 members (excludes halogenated alkanes) is 2. The maximum Gasteiger partial charge on any atom is 0.472 e. The lowest BCUT2D eigenvalue weighted by Gasteiger charge is -2.27. The van der Waals surface area contributed by atoms with Crippen LogP contribution in [0, 0.1) is 11.8 Å². The largest absolute Gasteiger partial charge is 0.472 e. The Hall–Kier alpha value is -7.26. The number of hydrogen-bond acceptors (Lipinski definition) is 24. The number of anilines is 3. The fourth-order valence-corrected chi connectivity index (χ4v) is 11.3. The van der Waals surface area contributed by atoms with Gasteiger partial charge in [-0.15, -0.1) is 0 Å². The summed E-state index contributed by atoms with van der Waals surface area (Å²) in [6.45, 7) is 3.32. The van der Waals surface area contributed by atoms with Crippen LogP contribution in [0.4, 0.5) is 22.2 Å². The number of imidazole rings is 2. The molecule has 10 N–H and O–H groups in total. The third-order valence-corrected chi connectivity index (χ3v) is 15.5. The number of carbonyl (C=O) groups is 6. The summed E-state index contributed by atoms with van der Waals surface area (Å²) in [6, 6.07) is 5.48. The van der Waals surface area contributed by atoms with Crippen LogP contribution in [0.25, 0.3) is 22.3 Å². The zero-order valence-corrected chi connectivity index (χ0v) is 45.6. The zero-order valence-electron chi connectivity index (χ0n) is 43.8. The molecule has 440 valence electrons. The summed E-state index contributed by atoms with van der Waals surface area (Å²) in [4.78, 5) is 134. The average Bonchev–Trinajstić information content (AvgIpc) is 4.27. The van der Waals surface area contributed by atoms with Crippen molar-refractivity contribution in [2.75, 3.05) is 36.1 Å². The number of ketones is 1. The SMILES string of the molecule is CC(CC(=O)[C@H](NC(=O)CCCCCN1C(=O)C=CC1=O)C(C)C)C(=O)Nc1ccc(COC(=O)Nc2ncnc3c2ncn3[C@@H]2O[C@@H]3COP(=O)(O)OC4[C@@H](COP(=O)(O)OC3[C@@H]2O)O[C@@H](n2cnc3c(=O)[nH]c(N)nc32)[C@H]4O)cc1. The molecule has 3 saturated heterocycles. The Kier molecular flexibility index (Phi) is 17.9. The molecular formula is C47H57N13O20P2. The van der Waals surface area contributed by atoms with Gasteiger partial charge in [0.2, 0.25) is 17.8 Å². The van der Waals surface area contributed by atoms with E-state index in [4.69, 9.17) is 38.0 Å². The van der Waals surface area contributed by atoms with Crippen molar-refractivity contribution >= 4 is 90.9 Å². The minimum atomic E-state index is -5.21. The predicted molar refractivity (Wildman–Crippen MR) is 278 cm³/mol. The molecule has 3 fully saturated rings. The molecule has 0 spiro atoms. The highest BCUT2D eigenvalue weighted by Crippen LogP contribution is 2.54. The van der Waals surface area contributed by atoms with Gasteiger partial charge in [0.1, 0.15) is 49.6 Å². The highest BCUT2D eigenvalue weighted by molar-refractivity contribution is 7.47. The predicted octanol–water partition coefficient (Wildman–Crippen LogP) is 0.985. The first-order valence-corrected chi connectivity index (χ1v) is 28.5. The van der Waals surface area contributed by atoms with Crippen molar-refractivity contribution < 1.29 is 90.2 Å². The van der Waals surface area contributed by atoms with Crippen molar-refractivity contribution in [1.82, 2.24) is 49.3 Å². The molecule has 0 aliphatic carbocycles. The molecule has 1 aromatic carbocycles. The van der Waals surface area contributed by atoms with E-state index in [2.05, 4.69) is 45.9 Å². The molecule has 33 nitrogen and oxygen atoms in total. The molecule has 82 heavy (non-hydrogen) atoms. The lowest BCUT2D eigenvalue weighted by atomic mass is 9.92.